The van der Waals surface area contributed by atoms with Crippen LogP contribution in [0.25, 0.3) is 22.3 Å². The second kappa shape index (κ2) is 5.81. The maximum absolute atomic E-state index is 9.60. The van der Waals surface area contributed by atoms with E-state index in [1.54, 1.807) is 0 Å². The summed E-state index contributed by atoms with van der Waals surface area (Å²) in [6.45, 7) is 0. The van der Waals surface area contributed by atoms with Crippen molar-refractivity contribution in [1.29, 1.82) is 5.26 Å². The number of rotatable bonds is 1. The third-order valence-electron chi connectivity index (χ3n) is 6.95. The van der Waals surface area contributed by atoms with Crippen LogP contribution in [0.4, 0.5) is 0 Å². The molecule has 4 aromatic rings. The van der Waals surface area contributed by atoms with Crippen molar-refractivity contribution in [3.05, 3.63) is 117 Å². The lowest BCUT2D eigenvalue weighted by Crippen LogP contribution is -2.25. The van der Waals surface area contributed by atoms with Crippen LogP contribution in [-0.4, -0.2) is 6.21 Å². The van der Waals surface area contributed by atoms with E-state index in [9.17, 15) is 5.26 Å². The molecule has 7 rings (SSSR count). The van der Waals surface area contributed by atoms with Crippen molar-refractivity contribution >= 4 is 22.1 Å². The lowest BCUT2D eigenvalue weighted by Gasteiger charge is -2.30. The molecule has 2 aliphatic carbocycles. The van der Waals surface area contributed by atoms with Gasteiger partial charge >= 0.3 is 0 Å². The number of nitriles is 1. The number of benzene rings is 4. The van der Waals surface area contributed by atoms with E-state index in [-0.39, 0.29) is 11.5 Å². The van der Waals surface area contributed by atoms with Crippen molar-refractivity contribution in [2.24, 2.45) is 4.99 Å². The largest absolute Gasteiger partial charge is 0.281 e. The number of fused-ring (bicyclic) bond motifs is 10. The van der Waals surface area contributed by atoms with Crippen LogP contribution < -0.4 is 0 Å². The van der Waals surface area contributed by atoms with Gasteiger partial charge in [0.15, 0.2) is 0 Å². The summed E-state index contributed by atoms with van der Waals surface area (Å²) in [5.41, 5.74) is 11.5. The van der Waals surface area contributed by atoms with Gasteiger partial charge in [-0.2, -0.15) is 5.26 Å². The van der Waals surface area contributed by atoms with Gasteiger partial charge in [-0.3, -0.25) is 4.99 Å². The smallest absolute Gasteiger partial charge is 0.109 e. The fraction of sp³-hybridized carbons (Fsp3) is 0.0714. The summed E-state index contributed by atoms with van der Waals surface area (Å²) in [7, 11) is 0. The molecule has 4 aromatic carbocycles. The third-order valence-corrected chi connectivity index (χ3v) is 7.61. The van der Waals surface area contributed by atoms with Gasteiger partial charge in [0, 0.05) is 16.3 Å². The Morgan fingerprint density at radius 2 is 1.48 bits per heavy atom. The predicted molar refractivity (Wildman–Crippen MR) is 126 cm³/mol. The molecule has 0 bridgehead atoms. The Hall–Kier alpha value is -3.48. The molecular formula is C28H15BrN2. The molecule has 2 nitrogen and oxygen atoms in total. The molecule has 0 N–H and O–H groups in total. The average molecular weight is 459 g/mol. The molecule has 0 saturated carbocycles. The van der Waals surface area contributed by atoms with Gasteiger partial charge in [0.05, 0.1) is 17.0 Å². The van der Waals surface area contributed by atoms with Crippen LogP contribution in [0.3, 0.4) is 0 Å². The monoisotopic (exact) mass is 458 g/mol. The van der Waals surface area contributed by atoms with E-state index in [0.29, 0.717) is 5.56 Å². The van der Waals surface area contributed by atoms with Crippen molar-refractivity contribution in [3.63, 3.8) is 0 Å². The van der Waals surface area contributed by atoms with Gasteiger partial charge in [0.25, 0.3) is 0 Å². The van der Waals surface area contributed by atoms with E-state index in [0.717, 1.165) is 10.0 Å². The minimum atomic E-state index is -0.378. The van der Waals surface area contributed by atoms with Gasteiger partial charge in [-0.05, 0) is 68.8 Å². The third kappa shape index (κ3) is 2.03. The molecule has 0 saturated heterocycles. The van der Waals surface area contributed by atoms with Crippen LogP contribution in [0.1, 0.15) is 39.4 Å². The van der Waals surface area contributed by atoms with E-state index in [2.05, 4.69) is 99.8 Å². The molecule has 1 aliphatic heterocycles. The van der Waals surface area contributed by atoms with E-state index < -0.39 is 0 Å². The summed E-state index contributed by atoms with van der Waals surface area (Å²) in [5.74, 6) is 0. The molecule has 31 heavy (non-hydrogen) atoms. The highest BCUT2D eigenvalue weighted by Crippen LogP contribution is 2.63. The predicted octanol–water partition coefficient (Wildman–Crippen LogP) is 6.79. The summed E-state index contributed by atoms with van der Waals surface area (Å²) in [5, 5.41) is 9.60. The first-order valence-electron chi connectivity index (χ1n) is 10.3. The Labute approximate surface area is 188 Å². The topological polar surface area (TPSA) is 36.1 Å². The molecule has 1 heterocycles. The molecule has 2 atom stereocenters. The number of nitrogens with zero attached hydrogens (tertiary/aromatic N) is 2. The van der Waals surface area contributed by atoms with Crippen molar-refractivity contribution in [2.45, 2.75) is 11.5 Å². The number of aliphatic imine (C=N–C) groups is 1. The van der Waals surface area contributed by atoms with Crippen molar-refractivity contribution in [3.8, 4) is 28.3 Å². The van der Waals surface area contributed by atoms with Crippen LogP contribution in [0.2, 0.25) is 0 Å². The average Bonchev–Trinajstić information content (AvgIpc) is 3.57. The van der Waals surface area contributed by atoms with Gasteiger partial charge in [-0.1, -0.05) is 70.5 Å². The standard InChI is InChI=1S/C28H15BrN2/c29-25-7-3-6-24-27(25)18-4-1-2-5-21(18)28(24)22-10-8-16(14-30)12-19(22)20-13-17(26-15-31-26)9-11-23(20)28/h1-13,15,26H. The Kier molecular flexibility index (Phi) is 3.23. The number of halogens is 1. The van der Waals surface area contributed by atoms with Crippen LogP contribution >= 0.6 is 15.9 Å². The second-order valence-corrected chi connectivity index (χ2v) is 9.23. The fourth-order valence-electron chi connectivity index (χ4n) is 5.68. The lowest BCUT2D eigenvalue weighted by atomic mass is 9.70. The molecule has 0 aromatic heterocycles. The minimum absolute atomic E-state index is 0.196. The van der Waals surface area contributed by atoms with Crippen LogP contribution in [0.15, 0.2) is 88.3 Å². The molecule has 144 valence electrons. The normalized spacial score (nSPS) is 20.7. The SMILES string of the molecule is N#Cc1ccc2c(c1)-c1cc(C3C=N3)ccc1C21c2ccccc2-c2c(Br)cccc21. The Bertz CT molecular complexity index is 1520. The van der Waals surface area contributed by atoms with Gasteiger partial charge in [0.1, 0.15) is 6.04 Å². The summed E-state index contributed by atoms with van der Waals surface area (Å²) >= 11 is 3.83. The molecular weight excluding hydrogens is 444 g/mol. The highest BCUT2D eigenvalue weighted by Gasteiger charge is 2.52. The van der Waals surface area contributed by atoms with Gasteiger partial charge in [0.2, 0.25) is 0 Å². The summed E-state index contributed by atoms with van der Waals surface area (Å²) in [6, 6.07) is 30.7. The minimum Gasteiger partial charge on any atom is -0.281 e. The summed E-state index contributed by atoms with van der Waals surface area (Å²) < 4.78 is 1.11. The summed E-state index contributed by atoms with van der Waals surface area (Å²) in [4.78, 5) is 4.38. The first-order chi connectivity index (χ1) is 15.2. The molecule has 0 amide bonds. The lowest BCUT2D eigenvalue weighted by molar-refractivity contribution is 0.792. The van der Waals surface area contributed by atoms with Crippen LogP contribution in [0.5, 0.6) is 0 Å². The number of hydrogen-bond acceptors (Lipinski definition) is 2. The highest BCUT2D eigenvalue weighted by atomic mass is 79.9. The second-order valence-electron chi connectivity index (χ2n) is 8.38. The zero-order valence-electron chi connectivity index (χ0n) is 16.4. The maximum atomic E-state index is 9.60. The molecule has 3 heteroatoms. The Balaban J connectivity index is 1.67. The maximum Gasteiger partial charge on any atom is 0.109 e. The molecule has 1 spiro atoms. The van der Waals surface area contributed by atoms with Crippen molar-refractivity contribution < 1.29 is 0 Å². The molecule has 2 unspecified atom stereocenters. The fourth-order valence-corrected chi connectivity index (χ4v) is 6.26. The van der Waals surface area contributed by atoms with E-state index in [1.165, 1.54) is 44.5 Å². The van der Waals surface area contributed by atoms with Gasteiger partial charge in [-0.15, -0.1) is 0 Å². The first-order valence-corrected chi connectivity index (χ1v) is 11.1. The zero-order chi connectivity index (χ0) is 20.7. The van der Waals surface area contributed by atoms with Crippen molar-refractivity contribution in [2.75, 3.05) is 0 Å². The Morgan fingerprint density at radius 1 is 0.774 bits per heavy atom. The molecule has 0 radical (unpaired) electrons. The highest BCUT2D eigenvalue weighted by molar-refractivity contribution is 9.10. The van der Waals surface area contributed by atoms with E-state index >= 15 is 0 Å². The molecule has 0 fully saturated rings. The van der Waals surface area contributed by atoms with Crippen LogP contribution in [0, 0.1) is 11.3 Å². The van der Waals surface area contributed by atoms with E-state index in [4.69, 9.17) is 0 Å². The van der Waals surface area contributed by atoms with Crippen LogP contribution in [-0.2, 0) is 5.41 Å². The summed E-state index contributed by atoms with van der Waals surface area (Å²) in [6.07, 6.45) is 1.98. The first kappa shape index (κ1) is 17.2. The molecule has 3 aliphatic rings. The Morgan fingerprint density at radius 3 is 2.29 bits per heavy atom. The quantitative estimate of drug-likeness (QED) is 0.267. The van der Waals surface area contributed by atoms with Crippen molar-refractivity contribution in [1.82, 2.24) is 0 Å². The van der Waals surface area contributed by atoms with Gasteiger partial charge in [-0.25, -0.2) is 0 Å². The van der Waals surface area contributed by atoms with E-state index in [1.807, 2.05) is 12.3 Å². The van der Waals surface area contributed by atoms with Gasteiger partial charge < -0.3 is 0 Å². The number of hydrogen-bond donors (Lipinski definition) is 0. The zero-order valence-corrected chi connectivity index (χ0v) is 18.0.